The van der Waals surface area contributed by atoms with E-state index in [4.69, 9.17) is 33.3 Å². The number of unbranched alkanes of at least 4 members (excludes halogenated alkanes) is 2. The molecule has 28 heavy (non-hydrogen) atoms. The molecule has 0 bridgehead atoms. The van der Waals surface area contributed by atoms with Crippen LogP contribution < -0.4 is 0 Å². The first kappa shape index (κ1) is 20.6. The number of benzene rings is 1. The average molecular weight is 436 g/mol. The van der Waals surface area contributed by atoms with Crippen molar-refractivity contribution in [2.75, 3.05) is 6.54 Å². The van der Waals surface area contributed by atoms with E-state index in [1.807, 2.05) is 24.3 Å². The summed E-state index contributed by atoms with van der Waals surface area (Å²) in [5.74, 6) is 0.231. The predicted molar refractivity (Wildman–Crippen MR) is 115 cm³/mol. The summed E-state index contributed by atoms with van der Waals surface area (Å²) >= 11 is 12.8. The first-order valence-corrected chi connectivity index (χ1v) is 10.4. The van der Waals surface area contributed by atoms with Crippen molar-refractivity contribution >= 4 is 57.9 Å². The van der Waals surface area contributed by atoms with Crippen molar-refractivity contribution < 1.29 is 19.1 Å². The van der Waals surface area contributed by atoms with Gasteiger partial charge in [0.2, 0.25) is 0 Å². The number of hydrogen-bond acceptors (Lipinski definition) is 5. The monoisotopic (exact) mass is 435 g/mol. The number of halogens is 1. The third-order valence-electron chi connectivity index (χ3n) is 4.19. The molecule has 0 aliphatic carbocycles. The number of amides is 1. The van der Waals surface area contributed by atoms with Gasteiger partial charge in [-0.05, 0) is 37.1 Å². The van der Waals surface area contributed by atoms with Crippen LogP contribution in [0.2, 0.25) is 5.02 Å². The van der Waals surface area contributed by atoms with Crippen LogP contribution in [-0.4, -0.2) is 32.7 Å². The van der Waals surface area contributed by atoms with Crippen LogP contribution in [0.4, 0.5) is 0 Å². The number of rotatable bonds is 8. The van der Waals surface area contributed by atoms with Crippen molar-refractivity contribution in [1.82, 2.24) is 4.90 Å². The molecule has 1 aromatic carbocycles. The van der Waals surface area contributed by atoms with Gasteiger partial charge in [0.15, 0.2) is 0 Å². The summed E-state index contributed by atoms with van der Waals surface area (Å²) in [7, 11) is 0. The number of nitrogens with zero attached hydrogens (tertiary/aromatic N) is 1. The third kappa shape index (κ3) is 5.04. The molecule has 0 saturated carbocycles. The Morgan fingerprint density at radius 1 is 1.21 bits per heavy atom. The maximum atomic E-state index is 12.6. The molecule has 1 amide bonds. The Morgan fingerprint density at radius 2 is 2.00 bits per heavy atom. The number of furan rings is 1. The zero-order chi connectivity index (χ0) is 20.1. The third-order valence-corrected chi connectivity index (χ3v) is 5.89. The minimum atomic E-state index is -0.803. The van der Waals surface area contributed by atoms with Crippen LogP contribution in [0.1, 0.15) is 31.4 Å². The summed E-state index contributed by atoms with van der Waals surface area (Å²) in [5.41, 5.74) is 0.790. The second kappa shape index (κ2) is 9.41. The van der Waals surface area contributed by atoms with Crippen LogP contribution in [0.3, 0.4) is 0 Å². The topological polar surface area (TPSA) is 70.8 Å². The van der Waals surface area contributed by atoms with E-state index >= 15 is 0 Å². The van der Waals surface area contributed by atoms with E-state index < -0.39 is 5.97 Å². The van der Waals surface area contributed by atoms with Gasteiger partial charge in [-0.15, -0.1) is 0 Å². The summed E-state index contributed by atoms with van der Waals surface area (Å²) in [6.07, 6.45) is 3.87. The molecule has 2 aromatic rings. The number of aliphatic carboxylic acids is 1. The molecule has 1 aromatic heterocycles. The fraction of sp³-hybridized carbons (Fsp3) is 0.250. The van der Waals surface area contributed by atoms with Crippen LogP contribution in [0, 0.1) is 0 Å². The molecule has 146 valence electrons. The van der Waals surface area contributed by atoms with Gasteiger partial charge in [-0.2, -0.15) is 0 Å². The highest BCUT2D eigenvalue weighted by Crippen LogP contribution is 2.34. The summed E-state index contributed by atoms with van der Waals surface area (Å²) < 4.78 is 6.33. The Kier molecular flexibility index (Phi) is 6.93. The van der Waals surface area contributed by atoms with Gasteiger partial charge in [0.25, 0.3) is 5.91 Å². The Hall–Kier alpha value is -2.09. The lowest BCUT2D eigenvalue weighted by atomic mass is 10.2. The molecule has 0 unspecified atom stereocenters. The lowest BCUT2D eigenvalue weighted by Crippen LogP contribution is -2.29. The van der Waals surface area contributed by atoms with Gasteiger partial charge < -0.3 is 9.52 Å². The van der Waals surface area contributed by atoms with Crippen molar-refractivity contribution in [3.63, 3.8) is 0 Å². The van der Waals surface area contributed by atoms with Crippen LogP contribution >= 0.6 is 35.6 Å². The van der Waals surface area contributed by atoms with Crippen LogP contribution in [-0.2, 0) is 9.59 Å². The molecule has 1 fully saturated rings. The van der Waals surface area contributed by atoms with E-state index in [-0.39, 0.29) is 12.3 Å². The number of carbonyl (C=O) groups is 2. The van der Waals surface area contributed by atoms with E-state index in [0.717, 1.165) is 12.0 Å². The molecular weight excluding hydrogens is 418 g/mol. The van der Waals surface area contributed by atoms with E-state index in [9.17, 15) is 9.59 Å². The zero-order valence-corrected chi connectivity index (χ0v) is 17.3. The largest absolute Gasteiger partial charge is 0.481 e. The highest BCUT2D eigenvalue weighted by atomic mass is 35.5. The van der Waals surface area contributed by atoms with E-state index in [1.54, 1.807) is 23.1 Å². The molecule has 0 spiro atoms. The Morgan fingerprint density at radius 3 is 2.75 bits per heavy atom. The van der Waals surface area contributed by atoms with Gasteiger partial charge in [-0.25, -0.2) is 0 Å². The minimum Gasteiger partial charge on any atom is -0.481 e. The summed E-state index contributed by atoms with van der Waals surface area (Å²) in [6.45, 7) is 0.491. The van der Waals surface area contributed by atoms with Gasteiger partial charge in [0.1, 0.15) is 15.8 Å². The Labute approximate surface area is 177 Å². The van der Waals surface area contributed by atoms with Crippen LogP contribution in [0.15, 0.2) is 45.7 Å². The number of hydrogen-bond donors (Lipinski definition) is 1. The lowest BCUT2D eigenvalue weighted by molar-refractivity contribution is -0.137. The molecular formula is C20H18ClNO4S2. The standard InChI is InChI=1S/C20H18ClNO4S2/c21-15-7-4-3-6-14(15)16-10-9-13(26-16)12-17-19(25)22(20(27)28-17)11-5-1-2-8-18(23)24/h3-4,6-7,9-10,12H,1-2,5,8,11H2,(H,23,24)/b17-12+. The molecule has 0 radical (unpaired) electrons. The van der Waals surface area contributed by atoms with Crippen molar-refractivity contribution in [1.29, 1.82) is 0 Å². The first-order chi connectivity index (χ1) is 13.5. The average Bonchev–Trinajstić information content (AvgIpc) is 3.21. The van der Waals surface area contributed by atoms with E-state index in [2.05, 4.69) is 0 Å². The highest BCUT2D eigenvalue weighted by Gasteiger charge is 2.31. The zero-order valence-electron chi connectivity index (χ0n) is 14.9. The van der Waals surface area contributed by atoms with Gasteiger partial charge in [0.05, 0.1) is 9.93 Å². The number of thiocarbonyl (C=S) groups is 1. The number of carbonyl (C=O) groups excluding carboxylic acids is 1. The minimum absolute atomic E-state index is 0.143. The maximum absolute atomic E-state index is 12.6. The Bertz CT molecular complexity index is 938. The summed E-state index contributed by atoms with van der Waals surface area (Å²) in [4.78, 5) is 25.2. The van der Waals surface area contributed by atoms with E-state index in [0.29, 0.717) is 45.2 Å². The fourth-order valence-electron chi connectivity index (χ4n) is 2.78. The number of thioether (sulfide) groups is 1. The molecule has 1 aliphatic rings. The summed E-state index contributed by atoms with van der Waals surface area (Å²) in [5, 5.41) is 9.26. The van der Waals surface area contributed by atoms with Crippen molar-refractivity contribution in [2.45, 2.75) is 25.7 Å². The maximum Gasteiger partial charge on any atom is 0.303 e. The predicted octanol–water partition coefficient (Wildman–Crippen LogP) is 5.45. The molecule has 1 aliphatic heterocycles. The fourth-order valence-corrected chi connectivity index (χ4v) is 4.30. The van der Waals surface area contributed by atoms with Gasteiger partial charge in [-0.1, -0.05) is 54.1 Å². The molecule has 8 heteroatoms. The second-order valence-electron chi connectivity index (χ2n) is 6.22. The van der Waals surface area contributed by atoms with Crippen molar-refractivity contribution in [3.8, 4) is 11.3 Å². The Balaban J connectivity index is 1.64. The lowest BCUT2D eigenvalue weighted by Gasteiger charge is -2.13. The number of carboxylic acids is 1. The molecule has 5 nitrogen and oxygen atoms in total. The van der Waals surface area contributed by atoms with Crippen molar-refractivity contribution in [3.05, 3.63) is 52.1 Å². The van der Waals surface area contributed by atoms with Gasteiger partial charge >= 0.3 is 5.97 Å². The first-order valence-electron chi connectivity index (χ1n) is 8.77. The SMILES string of the molecule is O=C(O)CCCCCN1C(=O)/C(=C\c2ccc(-c3ccccc3Cl)o2)SC1=S. The van der Waals surface area contributed by atoms with Crippen LogP contribution in [0.25, 0.3) is 17.4 Å². The molecule has 2 heterocycles. The van der Waals surface area contributed by atoms with E-state index in [1.165, 1.54) is 11.8 Å². The molecule has 0 atom stereocenters. The molecule has 1 N–H and O–H groups in total. The van der Waals surface area contributed by atoms with Gasteiger partial charge in [0, 0.05) is 24.6 Å². The number of carboxylic acid groups (broad SMARTS) is 1. The highest BCUT2D eigenvalue weighted by molar-refractivity contribution is 8.26. The van der Waals surface area contributed by atoms with Gasteiger partial charge in [-0.3, -0.25) is 14.5 Å². The molecule has 1 saturated heterocycles. The molecule has 3 rings (SSSR count). The van der Waals surface area contributed by atoms with Crippen molar-refractivity contribution in [2.24, 2.45) is 0 Å². The smallest absolute Gasteiger partial charge is 0.303 e. The summed E-state index contributed by atoms with van der Waals surface area (Å²) in [6, 6.07) is 11.0. The normalized spacial score (nSPS) is 15.6. The second-order valence-corrected chi connectivity index (χ2v) is 8.30. The van der Waals surface area contributed by atoms with Crippen LogP contribution in [0.5, 0.6) is 0 Å². The quantitative estimate of drug-likeness (QED) is 0.338.